The summed E-state index contributed by atoms with van der Waals surface area (Å²) in [6.07, 6.45) is 1.59. The number of rotatable bonds is 34. The van der Waals surface area contributed by atoms with Gasteiger partial charge >= 0.3 is 11.9 Å². The maximum atomic E-state index is 13.0. The number of carbonyl (C=O) groups excluding carboxylic acids is 4. The molecule has 2 aromatic heterocycles. The summed E-state index contributed by atoms with van der Waals surface area (Å²) in [5.74, 6) is -3.70. The van der Waals surface area contributed by atoms with Gasteiger partial charge < -0.3 is 45.7 Å². The lowest BCUT2D eigenvalue weighted by Crippen LogP contribution is -2.47. The maximum absolute atomic E-state index is 13.0. The number of aryl methyl sites for hydroxylation is 2. The molecule has 0 bridgehead atoms. The quantitative estimate of drug-likeness (QED) is 0.0210. The van der Waals surface area contributed by atoms with Crippen LogP contribution in [0.5, 0.6) is 0 Å². The summed E-state index contributed by atoms with van der Waals surface area (Å²) in [4.78, 5) is 76.6. The van der Waals surface area contributed by atoms with Crippen molar-refractivity contribution >= 4 is 58.2 Å². The summed E-state index contributed by atoms with van der Waals surface area (Å²) < 4.78 is 16.8. The van der Waals surface area contributed by atoms with E-state index in [0.717, 1.165) is 54.3 Å². The molecule has 2 atom stereocenters. The molecule has 4 amide bonds. The molecule has 6 rings (SSSR count). The van der Waals surface area contributed by atoms with E-state index in [1.54, 1.807) is 22.7 Å². The van der Waals surface area contributed by atoms with E-state index in [1.807, 2.05) is 84.9 Å². The van der Waals surface area contributed by atoms with Crippen LogP contribution in [0.15, 0.2) is 132 Å². The minimum Gasteiger partial charge on any atom is -0.481 e. The van der Waals surface area contributed by atoms with Crippen LogP contribution in [0.1, 0.15) is 62.5 Å². The fourth-order valence-corrected chi connectivity index (χ4v) is 9.74. The fraction of sp³-hybridized carbons (Fsp3) is 0.345. The first-order valence-corrected chi connectivity index (χ1v) is 27.0. The van der Waals surface area contributed by atoms with Crippen molar-refractivity contribution in [3.05, 3.63) is 143 Å². The zero-order chi connectivity index (χ0) is 53.0. The standard InChI is InChI=1S/C58H66N4O11S2/c63-53(25-17-41-13-19-45(20-14-41)51-37-47(39-74-51)43-9-3-1-4-10-43)61-49(23-27-55(65)66)57(69)59-29-7-31-71-33-35-73-36-34-72-32-8-30-60-58(70)50(24-28-56(67)68)62-54(64)26-18-42-15-21-46(22-16-42)52-38-48(40-75-52)44-11-5-2-6-12-44/h1-6,9-16,19-22,37-40,49-50H,7-8,17-18,23-36H2,(H,59,69)(H,60,70)(H,61,63)(H,62,64)(H,65,66)(H,67,68)/t49-,50-/m1/s1. The van der Waals surface area contributed by atoms with Crippen LogP contribution in [-0.4, -0.2) is 111 Å². The van der Waals surface area contributed by atoms with Gasteiger partial charge in [0.1, 0.15) is 12.1 Å². The Hall–Kier alpha value is -7.02. The molecule has 396 valence electrons. The molecule has 6 aromatic rings. The number of ether oxygens (including phenoxy) is 3. The van der Waals surface area contributed by atoms with Crippen molar-refractivity contribution in [2.24, 2.45) is 0 Å². The van der Waals surface area contributed by atoms with Crippen molar-refractivity contribution < 1.29 is 53.2 Å². The monoisotopic (exact) mass is 1060 g/mol. The highest BCUT2D eigenvalue weighted by Crippen LogP contribution is 2.34. The van der Waals surface area contributed by atoms with Crippen LogP contribution < -0.4 is 21.3 Å². The molecule has 0 saturated heterocycles. The summed E-state index contributed by atoms with van der Waals surface area (Å²) >= 11 is 3.35. The van der Waals surface area contributed by atoms with E-state index in [4.69, 9.17) is 14.2 Å². The lowest BCUT2D eigenvalue weighted by molar-refractivity contribution is -0.139. The van der Waals surface area contributed by atoms with Gasteiger partial charge in [0.25, 0.3) is 0 Å². The zero-order valence-corrected chi connectivity index (χ0v) is 43.6. The third kappa shape index (κ3) is 20.7. The van der Waals surface area contributed by atoms with Crippen molar-refractivity contribution in [2.75, 3.05) is 52.7 Å². The number of hydrogen-bond donors (Lipinski definition) is 6. The third-order valence-corrected chi connectivity index (χ3v) is 14.0. The second kappa shape index (κ2) is 31.7. The number of carboxylic acid groups (broad SMARTS) is 2. The molecule has 0 radical (unpaired) electrons. The van der Waals surface area contributed by atoms with Gasteiger partial charge in [-0.2, -0.15) is 0 Å². The predicted octanol–water partition coefficient (Wildman–Crippen LogP) is 8.80. The number of aliphatic carboxylic acids is 2. The van der Waals surface area contributed by atoms with Gasteiger partial charge in [0.2, 0.25) is 23.6 Å². The Balaban J connectivity index is 0.769. The first kappa shape index (κ1) is 57.3. The topological polar surface area (TPSA) is 219 Å². The van der Waals surface area contributed by atoms with Crippen LogP contribution in [0.25, 0.3) is 43.1 Å². The fourth-order valence-electron chi connectivity index (χ4n) is 7.89. The van der Waals surface area contributed by atoms with Gasteiger partial charge in [-0.3, -0.25) is 28.8 Å². The molecule has 15 nitrogen and oxygen atoms in total. The highest BCUT2D eigenvalue weighted by atomic mass is 32.1. The number of benzene rings is 4. The van der Waals surface area contributed by atoms with Gasteiger partial charge in [0.15, 0.2) is 0 Å². The third-order valence-electron chi connectivity index (χ3n) is 12.0. The van der Waals surface area contributed by atoms with Gasteiger partial charge in [-0.1, -0.05) is 109 Å². The van der Waals surface area contributed by atoms with Crippen molar-refractivity contribution in [1.29, 1.82) is 0 Å². The average Bonchev–Trinajstić information content (AvgIpc) is 4.14. The highest BCUT2D eigenvalue weighted by Gasteiger charge is 2.23. The molecule has 0 saturated carbocycles. The van der Waals surface area contributed by atoms with E-state index in [1.165, 1.54) is 0 Å². The van der Waals surface area contributed by atoms with E-state index >= 15 is 0 Å². The molecule has 0 spiro atoms. The minimum atomic E-state index is -1.06. The van der Waals surface area contributed by atoms with Crippen molar-refractivity contribution in [3.8, 4) is 43.1 Å². The van der Waals surface area contributed by atoms with E-state index < -0.39 is 35.8 Å². The lowest BCUT2D eigenvalue weighted by atomic mass is 10.0. The van der Waals surface area contributed by atoms with Crippen molar-refractivity contribution in [1.82, 2.24) is 21.3 Å². The SMILES string of the molecule is O=C(O)CC[C@@H](NC(=O)CCc1ccc(-c2cc(-c3ccccc3)cs2)cc1)C(=O)NCCCOCCOCCOCCCNC(=O)[C@@H](CCC(=O)O)NC(=O)CCc1ccc(-c2cc(-c3ccccc3)cs2)cc1. The molecule has 17 heteroatoms. The molecule has 2 heterocycles. The Morgan fingerprint density at radius 2 is 0.813 bits per heavy atom. The molecule has 75 heavy (non-hydrogen) atoms. The molecule has 4 aromatic carbocycles. The molecule has 0 aliphatic heterocycles. The molecular weight excluding hydrogens is 993 g/mol. The number of carbonyl (C=O) groups is 6. The summed E-state index contributed by atoms with van der Waals surface area (Å²) in [6.45, 7) is 2.54. The largest absolute Gasteiger partial charge is 0.481 e. The number of hydrogen-bond acceptors (Lipinski definition) is 11. The molecule has 0 unspecified atom stereocenters. The first-order chi connectivity index (χ1) is 36.5. The van der Waals surface area contributed by atoms with Crippen LogP contribution in [0.4, 0.5) is 0 Å². The minimum absolute atomic E-state index is 0.0363. The molecule has 0 aliphatic rings. The predicted molar refractivity (Wildman–Crippen MR) is 292 cm³/mol. The van der Waals surface area contributed by atoms with Gasteiger partial charge in [-0.05, 0) is 106 Å². The van der Waals surface area contributed by atoms with Crippen LogP contribution in [0.2, 0.25) is 0 Å². The van der Waals surface area contributed by atoms with E-state index in [-0.39, 0.29) is 63.4 Å². The Labute approximate surface area is 446 Å². The Morgan fingerprint density at radius 1 is 0.440 bits per heavy atom. The second-order valence-electron chi connectivity index (χ2n) is 17.8. The van der Waals surface area contributed by atoms with Crippen LogP contribution in [0.3, 0.4) is 0 Å². The second-order valence-corrected chi connectivity index (χ2v) is 19.6. The number of nitrogens with one attached hydrogen (secondary N) is 4. The number of carboxylic acids is 2. The lowest BCUT2D eigenvalue weighted by Gasteiger charge is -2.18. The van der Waals surface area contributed by atoms with Crippen LogP contribution in [0, 0.1) is 0 Å². The Kier molecular flexibility index (Phi) is 24.2. The van der Waals surface area contributed by atoms with Gasteiger partial charge in [-0.15, -0.1) is 22.7 Å². The van der Waals surface area contributed by atoms with Gasteiger partial charge in [0.05, 0.1) is 26.4 Å². The van der Waals surface area contributed by atoms with E-state index in [2.05, 4.69) is 68.4 Å². The number of thiophene rings is 2. The molecule has 0 aliphatic carbocycles. The van der Waals surface area contributed by atoms with E-state index in [9.17, 15) is 39.0 Å². The highest BCUT2D eigenvalue weighted by molar-refractivity contribution is 7.14. The Bertz CT molecular complexity index is 2530. The zero-order valence-electron chi connectivity index (χ0n) is 42.0. The normalized spacial score (nSPS) is 11.8. The van der Waals surface area contributed by atoms with Crippen LogP contribution >= 0.6 is 22.7 Å². The van der Waals surface area contributed by atoms with Gasteiger partial charge in [-0.25, -0.2) is 0 Å². The summed E-state index contributed by atoms with van der Waals surface area (Å²) in [5, 5.41) is 33.7. The van der Waals surface area contributed by atoms with Crippen molar-refractivity contribution in [2.45, 2.75) is 76.3 Å². The first-order valence-electron chi connectivity index (χ1n) is 25.3. The molecule has 6 N–H and O–H groups in total. The summed E-state index contributed by atoms with van der Waals surface area (Å²) in [7, 11) is 0. The number of amides is 4. The summed E-state index contributed by atoms with van der Waals surface area (Å²) in [6, 6.07) is 38.9. The van der Waals surface area contributed by atoms with Crippen LogP contribution in [-0.2, 0) is 55.8 Å². The van der Waals surface area contributed by atoms with E-state index in [0.29, 0.717) is 65.3 Å². The summed E-state index contributed by atoms with van der Waals surface area (Å²) in [5.41, 5.74) is 8.77. The molecular formula is C58H66N4O11S2. The van der Waals surface area contributed by atoms with Crippen molar-refractivity contribution in [3.63, 3.8) is 0 Å². The maximum Gasteiger partial charge on any atom is 0.303 e. The smallest absolute Gasteiger partial charge is 0.303 e. The Morgan fingerprint density at radius 3 is 1.19 bits per heavy atom. The molecule has 0 fully saturated rings. The van der Waals surface area contributed by atoms with Gasteiger partial charge in [0, 0.05) is 61.7 Å². The average molecular weight is 1060 g/mol.